The van der Waals surface area contributed by atoms with Gasteiger partial charge >= 0.3 is 11.8 Å². The van der Waals surface area contributed by atoms with Crippen molar-refractivity contribution in [3.05, 3.63) is 36.7 Å². The van der Waals surface area contributed by atoms with Crippen LogP contribution in [0.1, 0.15) is 12.8 Å². The van der Waals surface area contributed by atoms with Crippen molar-refractivity contribution in [2.24, 2.45) is 0 Å². The second kappa shape index (κ2) is 7.22. The summed E-state index contributed by atoms with van der Waals surface area (Å²) in [4.78, 5) is 27.7. The van der Waals surface area contributed by atoms with Gasteiger partial charge in [-0.05, 0) is 44.2 Å². The molecule has 0 radical (unpaired) electrons. The summed E-state index contributed by atoms with van der Waals surface area (Å²) in [5, 5.41) is 13.8. The van der Waals surface area contributed by atoms with Gasteiger partial charge in [0.05, 0.1) is 18.1 Å². The molecule has 2 amide bonds. The number of anilines is 1. The number of nitrogens with one attached hydrogen (secondary N) is 2. The molecule has 1 aromatic heterocycles. The molecule has 1 aliphatic rings. The number of hydrogen-bond donors (Lipinski definition) is 2. The lowest BCUT2D eigenvalue weighted by Crippen LogP contribution is -2.45. The van der Waals surface area contributed by atoms with Crippen LogP contribution in [0.15, 0.2) is 36.7 Å². The highest BCUT2D eigenvalue weighted by molar-refractivity contribution is 6.39. The molecule has 1 fully saturated rings. The number of benzene rings is 1. The second-order valence-corrected chi connectivity index (χ2v) is 5.67. The van der Waals surface area contributed by atoms with Crippen molar-refractivity contribution >= 4 is 17.5 Å². The molecule has 0 saturated carbocycles. The minimum absolute atomic E-state index is 0.0847. The Morgan fingerprint density at radius 1 is 1.21 bits per heavy atom. The molecular formula is C16H20N6O2. The van der Waals surface area contributed by atoms with Gasteiger partial charge in [-0.3, -0.25) is 9.59 Å². The van der Waals surface area contributed by atoms with E-state index in [2.05, 4.69) is 20.8 Å². The number of aromatic nitrogens is 3. The average Bonchev–Trinajstić information content (AvgIpc) is 3.27. The highest BCUT2D eigenvalue weighted by atomic mass is 16.2. The van der Waals surface area contributed by atoms with Gasteiger partial charge in [0.2, 0.25) is 0 Å². The predicted molar refractivity (Wildman–Crippen MR) is 88.7 cm³/mol. The Kier molecular flexibility index (Phi) is 4.85. The molecule has 126 valence electrons. The minimum Gasteiger partial charge on any atom is -0.330 e. The Bertz CT molecular complexity index is 698. The molecule has 24 heavy (non-hydrogen) atoms. The number of likely N-dealkylation sites (N-methyl/N-ethyl adjacent to an activating group) is 1. The first kappa shape index (κ1) is 16.1. The number of amides is 2. The molecule has 8 heteroatoms. The minimum atomic E-state index is -0.608. The Balaban J connectivity index is 1.63. The van der Waals surface area contributed by atoms with Gasteiger partial charge in [0, 0.05) is 24.8 Å². The summed E-state index contributed by atoms with van der Waals surface area (Å²) in [6.07, 6.45) is 5.03. The molecule has 0 aliphatic carbocycles. The maximum atomic E-state index is 12.4. The summed E-state index contributed by atoms with van der Waals surface area (Å²) in [5.41, 5.74) is 1.34. The highest BCUT2D eigenvalue weighted by Gasteiger charge is 2.31. The lowest BCUT2D eigenvalue weighted by molar-refractivity contribution is -0.143. The Labute approximate surface area is 139 Å². The van der Waals surface area contributed by atoms with Crippen LogP contribution < -0.4 is 10.6 Å². The van der Waals surface area contributed by atoms with Crippen molar-refractivity contribution in [2.45, 2.75) is 18.9 Å². The van der Waals surface area contributed by atoms with Crippen LogP contribution in [0.3, 0.4) is 0 Å². The van der Waals surface area contributed by atoms with Crippen molar-refractivity contribution in [1.29, 1.82) is 0 Å². The van der Waals surface area contributed by atoms with Gasteiger partial charge in [0.15, 0.2) is 0 Å². The highest BCUT2D eigenvalue weighted by Crippen LogP contribution is 2.18. The summed E-state index contributed by atoms with van der Waals surface area (Å²) in [6.45, 7) is 1.33. The summed E-state index contributed by atoms with van der Waals surface area (Å²) in [5.74, 6) is -1.09. The number of rotatable bonds is 4. The van der Waals surface area contributed by atoms with Crippen molar-refractivity contribution < 1.29 is 9.59 Å². The van der Waals surface area contributed by atoms with Gasteiger partial charge in [0.25, 0.3) is 0 Å². The van der Waals surface area contributed by atoms with E-state index < -0.39 is 11.8 Å². The quantitative estimate of drug-likeness (QED) is 0.794. The Hall–Kier alpha value is -2.74. The summed E-state index contributed by atoms with van der Waals surface area (Å²) < 4.78 is 0. The maximum absolute atomic E-state index is 12.4. The molecule has 1 unspecified atom stereocenters. The lowest BCUT2D eigenvalue weighted by Gasteiger charge is -2.23. The van der Waals surface area contributed by atoms with Crippen molar-refractivity contribution in [3.8, 4) is 5.69 Å². The van der Waals surface area contributed by atoms with Crippen LogP contribution in [0.5, 0.6) is 0 Å². The average molecular weight is 328 g/mol. The molecule has 2 aromatic rings. The molecule has 1 saturated heterocycles. The molecule has 1 atom stereocenters. The van der Waals surface area contributed by atoms with E-state index in [0.29, 0.717) is 18.8 Å². The van der Waals surface area contributed by atoms with Gasteiger partial charge in [-0.15, -0.1) is 0 Å². The topological polar surface area (TPSA) is 92.2 Å². The fourth-order valence-corrected chi connectivity index (χ4v) is 2.89. The smallest absolute Gasteiger partial charge is 0.313 e. The van der Waals surface area contributed by atoms with Gasteiger partial charge in [-0.25, -0.2) is 0 Å². The van der Waals surface area contributed by atoms with Crippen LogP contribution in [0.2, 0.25) is 0 Å². The molecule has 2 N–H and O–H groups in total. The van der Waals surface area contributed by atoms with E-state index in [4.69, 9.17) is 0 Å². The van der Waals surface area contributed by atoms with Crippen LogP contribution in [0.4, 0.5) is 5.69 Å². The third-order valence-corrected chi connectivity index (χ3v) is 4.05. The SMILES string of the molecule is CNCC1CCCN1C(=O)C(=O)Nc1ccc(-n2nccn2)cc1. The fraction of sp³-hybridized carbons (Fsp3) is 0.375. The van der Waals surface area contributed by atoms with E-state index >= 15 is 0 Å². The molecule has 3 rings (SSSR count). The molecule has 0 spiro atoms. The van der Waals surface area contributed by atoms with E-state index in [1.807, 2.05) is 7.05 Å². The number of likely N-dealkylation sites (tertiary alicyclic amines) is 1. The van der Waals surface area contributed by atoms with Gasteiger partial charge in [-0.1, -0.05) is 0 Å². The fourth-order valence-electron chi connectivity index (χ4n) is 2.89. The molecular weight excluding hydrogens is 308 g/mol. The van der Waals surface area contributed by atoms with Crippen molar-refractivity contribution in [1.82, 2.24) is 25.2 Å². The zero-order valence-electron chi connectivity index (χ0n) is 13.5. The standard InChI is InChI=1S/C16H20N6O2/c1-17-11-14-3-2-10-21(14)16(24)15(23)20-12-4-6-13(7-5-12)22-18-8-9-19-22/h4-9,14,17H,2-3,10-11H2,1H3,(H,20,23). The first-order chi connectivity index (χ1) is 11.7. The van der Waals surface area contributed by atoms with Gasteiger partial charge in [0.1, 0.15) is 0 Å². The monoisotopic (exact) mass is 328 g/mol. The number of nitrogens with zero attached hydrogens (tertiary/aromatic N) is 4. The van der Waals surface area contributed by atoms with Gasteiger partial charge in [-0.2, -0.15) is 15.0 Å². The zero-order valence-corrected chi connectivity index (χ0v) is 13.5. The van der Waals surface area contributed by atoms with E-state index in [9.17, 15) is 9.59 Å². The molecule has 0 bridgehead atoms. The maximum Gasteiger partial charge on any atom is 0.313 e. The normalized spacial score (nSPS) is 17.0. The van der Waals surface area contributed by atoms with Gasteiger partial charge < -0.3 is 15.5 Å². The number of hydrogen-bond acceptors (Lipinski definition) is 5. The lowest BCUT2D eigenvalue weighted by atomic mass is 10.2. The molecule has 1 aromatic carbocycles. The van der Waals surface area contributed by atoms with E-state index in [1.54, 1.807) is 41.6 Å². The first-order valence-electron chi connectivity index (χ1n) is 7.92. The Morgan fingerprint density at radius 3 is 2.58 bits per heavy atom. The van der Waals surface area contributed by atoms with E-state index in [1.165, 1.54) is 4.80 Å². The van der Waals surface area contributed by atoms with Crippen LogP contribution in [-0.4, -0.2) is 57.9 Å². The van der Waals surface area contributed by atoms with Crippen LogP contribution in [0.25, 0.3) is 5.69 Å². The van der Waals surface area contributed by atoms with Crippen LogP contribution in [0, 0.1) is 0 Å². The van der Waals surface area contributed by atoms with Crippen LogP contribution >= 0.6 is 0 Å². The first-order valence-corrected chi connectivity index (χ1v) is 7.92. The third-order valence-electron chi connectivity index (χ3n) is 4.05. The summed E-state index contributed by atoms with van der Waals surface area (Å²) in [7, 11) is 1.84. The number of carbonyl (C=O) groups excluding carboxylic acids is 2. The zero-order chi connectivity index (χ0) is 16.9. The molecule has 2 heterocycles. The summed E-state index contributed by atoms with van der Waals surface area (Å²) >= 11 is 0. The molecule has 8 nitrogen and oxygen atoms in total. The third kappa shape index (κ3) is 3.43. The largest absolute Gasteiger partial charge is 0.330 e. The van der Waals surface area contributed by atoms with Crippen molar-refractivity contribution in [3.63, 3.8) is 0 Å². The second-order valence-electron chi connectivity index (χ2n) is 5.67. The predicted octanol–water partition coefficient (Wildman–Crippen LogP) is 0.416. The van der Waals surface area contributed by atoms with Crippen LogP contribution in [-0.2, 0) is 9.59 Å². The summed E-state index contributed by atoms with van der Waals surface area (Å²) in [6, 6.07) is 7.08. The number of carbonyl (C=O) groups is 2. The molecule has 1 aliphatic heterocycles. The van der Waals surface area contributed by atoms with Crippen molar-refractivity contribution in [2.75, 3.05) is 25.5 Å². The van der Waals surface area contributed by atoms with E-state index in [-0.39, 0.29) is 6.04 Å². The Morgan fingerprint density at radius 2 is 1.92 bits per heavy atom. The van der Waals surface area contributed by atoms with E-state index in [0.717, 1.165) is 18.5 Å².